The Hall–Kier alpha value is -2.96. The van der Waals surface area contributed by atoms with Crippen LogP contribution in [-0.4, -0.2) is 17.9 Å². The highest BCUT2D eigenvalue weighted by molar-refractivity contribution is 5.91. The van der Waals surface area contributed by atoms with Crippen LogP contribution in [0, 0.1) is 11.6 Å². The molecule has 5 nitrogen and oxygen atoms in total. The molecule has 0 saturated heterocycles. The topological polar surface area (TPSA) is 68.5 Å². The number of hydrogen-bond donors (Lipinski definition) is 1. The van der Waals surface area contributed by atoms with Gasteiger partial charge in [-0.25, -0.2) is 13.6 Å². The number of halogens is 2. The highest BCUT2D eigenvalue weighted by Gasteiger charge is 2.23. The summed E-state index contributed by atoms with van der Waals surface area (Å²) in [6.07, 6.45) is 7.08. The molecule has 0 aliphatic heterocycles. The van der Waals surface area contributed by atoms with Gasteiger partial charge in [0, 0.05) is 12.5 Å². The van der Waals surface area contributed by atoms with Gasteiger partial charge in [0.05, 0.1) is 6.26 Å². The number of ether oxygens (including phenoxy) is 1. The van der Waals surface area contributed by atoms with Crippen molar-refractivity contribution < 1.29 is 27.5 Å². The zero-order valence-corrected chi connectivity index (χ0v) is 15.6. The number of esters is 1. The lowest BCUT2D eigenvalue weighted by Gasteiger charge is -2.17. The number of unbranched alkanes of at least 4 members (excludes halogenated alkanes) is 2. The molecule has 1 aromatic carbocycles. The number of nitrogens with one attached hydrogen (secondary N) is 1. The van der Waals surface area contributed by atoms with Crippen molar-refractivity contribution in [3.63, 3.8) is 0 Å². The van der Waals surface area contributed by atoms with Crippen molar-refractivity contribution in [2.24, 2.45) is 0 Å². The average Bonchev–Trinajstić information content (AvgIpc) is 3.15. The van der Waals surface area contributed by atoms with Crippen LogP contribution in [0.2, 0.25) is 0 Å². The van der Waals surface area contributed by atoms with Crippen LogP contribution in [0.15, 0.2) is 53.2 Å². The van der Waals surface area contributed by atoms with Crippen LogP contribution in [-0.2, 0) is 27.4 Å². The molecule has 1 N–H and O–H groups in total. The van der Waals surface area contributed by atoms with Crippen molar-refractivity contribution in [1.82, 2.24) is 5.32 Å². The summed E-state index contributed by atoms with van der Waals surface area (Å²) in [5.41, 5.74) is 0.229. The minimum absolute atomic E-state index is 0.109. The number of amides is 1. The van der Waals surface area contributed by atoms with Gasteiger partial charge in [-0.3, -0.25) is 4.79 Å². The van der Waals surface area contributed by atoms with E-state index in [9.17, 15) is 18.4 Å². The third-order valence-electron chi connectivity index (χ3n) is 3.89. The molecule has 1 aromatic heterocycles. The number of hydrogen-bond acceptors (Lipinski definition) is 4. The van der Waals surface area contributed by atoms with Crippen LogP contribution in [0.1, 0.15) is 37.5 Å². The van der Waals surface area contributed by atoms with E-state index in [0.717, 1.165) is 37.5 Å². The molecule has 0 saturated carbocycles. The van der Waals surface area contributed by atoms with E-state index < -0.39 is 29.6 Å². The van der Waals surface area contributed by atoms with Crippen LogP contribution in [0.3, 0.4) is 0 Å². The third-order valence-corrected chi connectivity index (χ3v) is 3.89. The second kappa shape index (κ2) is 11.0. The van der Waals surface area contributed by atoms with Gasteiger partial charge in [0.15, 0.2) is 0 Å². The lowest BCUT2D eigenvalue weighted by molar-refractivity contribution is -0.149. The van der Waals surface area contributed by atoms with E-state index in [1.807, 2.05) is 6.92 Å². The summed E-state index contributed by atoms with van der Waals surface area (Å²) in [4.78, 5) is 24.5. The summed E-state index contributed by atoms with van der Waals surface area (Å²) in [7, 11) is 0. The largest absolute Gasteiger partial charge is 0.466 e. The van der Waals surface area contributed by atoms with Crippen LogP contribution >= 0.6 is 0 Å². The van der Waals surface area contributed by atoms with Crippen LogP contribution in [0.4, 0.5) is 8.78 Å². The van der Waals surface area contributed by atoms with Crippen molar-refractivity contribution in [3.05, 3.63) is 71.7 Å². The summed E-state index contributed by atoms with van der Waals surface area (Å²) in [5, 5.41) is 2.54. The minimum Gasteiger partial charge on any atom is -0.466 e. The maximum absolute atomic E-state index is 13.4. The quantitative estimate of drug-likeness (QED) is 0.377. The van der Waals surface area contributed by atoms with Gasteiger partial charge < -0.3 is 14.5 Å². The van der Waals surface area contributed by atoms with E-state index in [-0.39, 0.29) is 18.6 Å². The van der Waals surface area contributed by atoms with Gasteiger partial charge in [-0.15, -0.1) is 0 Å². The fraction of sp³-hybridized carbons (Fsp3) is 0.333. The first kappa shape index (κ1) is 21.3. The Labute approximate surface area is 162 Å². The number of carbonyl (C=O) groups is 2. The Bertz CT molecular complexity index is 782. The van der Waals surface area contributed by atoms with Gasteiger partial charge in [-0.1, -0.05) is 25.8 Å². The van der Waals surface area contributed by atoms with E-state index in [1.54, 1.807) is 18.2 Å². The van der Waals surface area contributed by atoms with Crippen molar-refractivity contribution in [2.45, 2.75) is 45.3 Å². The second-order valence-corrected chi connectivity index (χ2v) is 6.27. The fourth-order valence-electron chi connectivity index (χ4n) is 2.53. The standard InChI is InChI=1S/C21H23F2NO4/c1-2-3-4-5-8-20(25)24-19(12-15-10-16(22)13-17(23)11-15)21(26)28-14-18-7-6-9-27-18/h5-11,13,19H,2-4,12,14H2,1H3,(H,24,25)/b8-5+/t19-/m0/s1. The second-order valence-electron chi connectivity index (χ2n) is 6.27. The number of benzene rings is 1. The van der Waals surface area contributed by atoms with Crippen LogP contribution in [0.25, 0.3) is 0 Å². The normalized spacial score (nSPS) is 12.1. The van der Waals surface area contributed by atoms with Crippen LogP contribution < -0.4 is 5.32 Å². The highest BCUT2D eigenvalue weighted by atomic mass is 19.1. The maximum atomic E-state index is 13.4. The molecule has 2 aromatic rings. The van der Waals surface area contributed by atoms with E-state index in [4.69, 9.17) is 9.15 Å². The Morgan fingerprint density at radius 2 is 2.00 bits per heavy atom. The van der Waals surface area contributed by atoms with Gasteiger partial charge >= 0.3 is 5.97 Å². The molecule has 0 unspecified atom stereocenters. The molecule has 0 aliphatic rings. The fourth-order valence-corrected chi connectivity index (χ4v) is 2.53. The van der Waals surface area contributed by atoms with E-state index in [0.29, 0.717) is 5.76 Å². The van der Waals surface area contributed by atoms with E-state index >= 15 is 0 Å². The zero-order chi connectivity index (χ0) is 20.4. The molecule has 0 aliphatic carbocycles. The maximum Gasteiger partial charge on any atom is 0.329 e. The SMILES string of the molecule is CCCC/C=C/C(=O)N[C@@H](Cc1cc(F)cc(F)c1)C(=O)OCc1ccco1. The van der Waals surface area contributed by atoms with E-state index in [2.05, 4.69) is 5.32 Å². The monoisotopic (exact) mass is 391 g/mol. The van der Waals surface area contributed by atoms with E-state index in [1.165, 1.54) is 12.3 Å². The van der Waals surface area contributed by atoms with Gasteiger partial charge in [0.2, 0.25) is 5.91 Å². The summed E-state index contributed by atoms with van der Waals surface area (Å²) >= 11 is 0. The van der Waals surface area contributed by atoms with Crippen molar-refractivity contribution in [3.8, 4) is 0 Å². The smallest absolute Gasteiger partial charge is 0.329 e. The summed E-state index contributed by atoms with van der Waals surface area (Å²) in [6.45, 7) is 1.93. The first-order chi connectivity index (χ1) is 13.5. The Balaban J connectivity index is 2.05. The Morgan fingerprint density at radius 3 is 2.64 bits per heavy atom. The van der Waals surface area contributed by atoms with Crippen molar-refractivity contribution >= 4 is 11.9 Å². The van der Waals surface area contributed by atoms with Crippen LogP contribution in [0.5, 0.6) is 0 Å². The Morgan fingerprint density at radius 1 is 1.25 bits per heavy atom. The predicted octanol–water partition coefficient (Wildman–Crippen LogP) is 4.07. The Kier molecular flexibility index (Phi) is 8.39. The average molecular weight is 391 g/mol. The molecule has 0 radical (unpaired) electrons. The number of furan rings is 1. The molecule has 0 fully saturated rings. The summed E-state index contributed by atoms with van der Waals surface area (Å²) in [6, 6.07) is 5.15. The summed E-state index contributed by atoms with van der Waals surface area (Å²) in [5.74, 6) is -2.29. The first-order valence-electron chi connectivity index (χ1n) is 9.09. The lowest BCUT2D eigenvalue weighted by Crippen LogP contribution is -2.42. The summed E-state index contributed by atoms with van der Waals surface area (Å²) < 4.78 is 37.2. The minimum atomic E-state index is -1.10. The highest BCUT2D eigenvalue weighted by Crippen LogP contribution is 2.12. The van der Waals surface area contributed by atoms with Gasteiger partial charge in [0.1, 0.15) is 30.0 Å². The molecule has 0 bridgehead atoms. The molecule has 2 rings (SSSR count). The molecular weight excluding hydrogens is 368 g/mol. The molecule has 1 amide bonds. The number of allylic oxidation sites excluding steroid dienone is 1. The molecule has 28 heavy (non-hydrogen) atoms. The lowest BCUT2D eigenvalue weighted by atomic mass is 10.1. The molecule has 1 atom stereocenters. The third kappa shape index (κ3) is 7.34. The molecule has 150 valence electrons. The van der Waals surface area contributed by atoms with Crippen molar-refractivity contribution in [1.29, 1.82) is 0 Å². The molecule has 7 heteroatoms. The molecule has 0 spiro atoms. The number of carbonyl (C=O) groups excluding carboxylic acids is 2. The van der Waals surface area contributed by atoms with Gasteiger partial charge in [-0.2, -0.15) is 0 Å². The molecule has 1 heterocycles. The van der Waals surface area contributed by atoms with Crippen molar-refractivity contribution in [2.75, 3.05) is 0 Å². The predicted molar refractivity (Wildman–Crippen MR) is 99.2 cm³/mol. The first-order valence-corrected chi connectivity index (χ1v) is 9.09. The zero-order valence-electron chi connectivity index (χ0n) is 15.6. The molecular formula is C21H23F2NO4. The van der Waals surface area contributed by atoms with Gasteiger partial charge in [0.25, 0.3) is 0 Å². The van der Waals surface area contributed by atoms with Gasteiger partial charge in [-0.05, 0) is 42.3 Å². The number of rotatable bonds is 10.